The van der Waals surface area contributed by atoms with E-state index in [2.05, 4.69) is 67.8 Å². The van der Waals surface area contributed by atoms with Crippen molar-refractivity contribution in [2.24, 2.45) is 0 Å². The number of benzene rings is 1. The van der Waals surface area contributed by atoms with E-state index in [9.17, 15) is 0 Å². The average Bonchev–Trinajstić information content (AvgIpc) is 2.47. The van der Waals surface area contributed by atoms with Gasteiger partial charge in [-0.3, -0.25) is 0 Å². The first-order valence-corrected chi connectivity index (χ1v) is 11.9. The van der Waals surface area contributed by atoms with Crippen LogP contribution in [0.5, 0.6) is 0 Å². The molecule has 0 aromatic heterocycles. The van der Waals surface area contributed by atoms with Gasteiger partial charge in [-0.25, -0.2) is 0 Å². The van der Waals surface area contributed by atoms with Crippen molar-refractivity contribution >= 4 is 24.2 Å². The molecule has 1 unspecified atom stereocenters. The Labute approximate surface area is 156 Å². The number of hydrogen-bond donors (Lipinski definition) is 0. The highest BCUT2D eigenvalue weighted by Crippen LogP contribution is 2.37. The van der Waals surface area contributed by atoms with Gasteiger partial charge in [-0.15, -0.1) is 12.3 Å². The van der Waals surface area contributed by atoms with Gasteiger partial charge in [0.15, 0.2) is 8.32 Å². The molecular weight excluding hydrogens is 380 g/mol. The minimum atomic E-state index is -1.86. The summed E-state index contributed by atoms with van der Waals surface area (Å²) in [5.74, 6) is 2.72. The van der Waals surface area contributed by atoms with Crippen LogP contribution in [0.4, 0.5) is 0 Å². The van der Waals surface area contributed by atoms with Crippen LogP contribution < -0.4 is 0 Å². The van der Waals surface area contributed by atoms with Crippen LogP contribution in [0, 0.1) is 12.3 Å². The third-order valence-corrected chi connectivity index (χ3v) is 9.29. The summed E-state index contributed by atoms with van der Waals surface area (Å²) in [7, 11) is -1.86. The lowest BCUT2D eigenvalue weighted by molar-refractivity contribution is 0.146. The summed E-state index contributed by atoms with van der Waals surface area (Å²) in [6.07, 6.45) is 8.06. The van der Waals surface area contributed by atoms with E-state index in [0.717, 1.165) is 10.0 Å². The monoisotopic (exact) mass is 408 g/mol. The summed E-state index contributed by atoms with van der Waals surface area (Å²) in [5.41, 5.74) is 1.16. The van der Waals surface area contributed by atoms with Gasteiger partial charge in [0.25, 0.3) is 0 Å². The Balaban J connectivity index is 2.61. The molecule has 0 fully saturated rings. The van der Waals surface area contributed by atoms with Crippen molar-refractivity contribution in [3.05, 3.63) is 46.5 Å². The molecule has 0 aliphatic heterocycles. The van der Waals surface area contributed by atoms with Gasteiger partial charge in [-0.2, -0.15) is 0 Å². The molecule has 0 N–H and O–H groups in total. The second-order valence-corrected chi connectivity index (χ2v) is 13.2. The van der Waals surface area contributed by atoms with Crippen molar-refractivity contribution in [3.63, 3.8) is 0 Å². The summed E-state index contributed by atoms with van der Waals surface area (Å²) >= 11 is 3.58. The SMILES string of the molecule is C#CCC(/C=C(\Br)COCc1ccccc1)O[Si](C)(C)C(C)(C)C. The van der Waals surface area contributed by atoms with Crippen molar-refractivity contribution in [2.75, 3.05) is 6.61 Å². The normalized spacial score (nSPS) is 14.3. The quantitative estimate of drug-likeness (QED) is 0.393. The molecule has 24 heavy (non-hydrogen) atoms. The fraction of sp³-hybridized carbons (Fsp3) is 0.500. The molecule has 1 aromatic rings. The fourth-order valence-corrected chi connectivity index (χ4v) is 3.61. The highest BCUT2D eigenvalue weighted by atomic mass is 79.9. The van der Waals surface area contributed by atoms with Gasteiger partial charge in [-0.05, 0) is 29.8 Å². The Kier molecular flexibility index (Phi) is 8.45. The lowest BCUT2D eigenvalue weighted by Gasteiger charge is -2.38. The van der Waals surface area contributed by atoms with Crippen LogP contribution in [0.3, 0.4) is 0 Å². The predicted octanol–water partition coefficient (Wildman–Crippen LogP) is 5.90. The van der Waals surface area contributed by atoms with Crippen molar-refractivity contribution in [2.45, 2.75) is 58.0 Å². The summed E-state index contributed by atoms with van der Waals surface area (Å²) in [6, 6.07) is 10.1. The molecule has 0 aliphatic carbocycles. The molecule has 4 heteroatoms. The Bertz CT molecular complexity index is 568. The molecule has 0 heterocycles. The Morgan fingerprint density at radius 1 is 1.29 bits per heavy atom. The molecular formula is C20H29BrO2Si. The van der Waals surface area contributed by atoms with Crippen LogP contribution in [0.15, 0.2) is 40.9 Å². The van der Waals surface area contributed by atoms with Gasteiger partial charge in [-0.1, -0.05) is 67.0 Å². The highest BCUT2D eigenvalue weighted by Gasteiger charge is 2.38. The smallest absolute Gasteiger partial charge is 0.192 e. The van der Waals surface area contributed by atoms with Gasteiger partial charge in [0.2, 0.25) is 0 Å². The van der Waals surface area contributed by atoms with E-state index < -0.39 is 8.32 Å². The molecule has 0 spiro atoms. The predicted molar refractivity (Wildman–Crippen MR) is 109 cm³/mol. The maximum absolute atomic E-state index is 6.41. The fourth-order valence-electron chi connectivity index (χ4n) is 1.90. The third-order valence-electron chi connectivity index (χ3n) is 4.29. The molecule has 0 amide bonds. The maximum atomic E-state index is 6.41. The third kappa shape index (κ3) is 7.35. The number of rotatable bonds is 8. The molecule has 0 bridgehead atoms. The van der Waals surface area contributed by atoms with Crippen LogP contribution in [0.2, 0.25) is 18.1 Å². The lowest BCUT2D eigenvalue weighted by atomic mass is 10.2. The zero-order chi connectivity index (χ0) is 18.2. The van der Waals surface area contributed by atoms with Crippen LogP contribution >= 0.6 is 15.9 Å². The minimum Gasteiger partial charge on any atom is -0.410 e. The molecule has 1 atom stereocenters. The molecule has 0 radical (unpaired) electrons. The van der Waals surface area contributed by atoms with Crippen LogP contribution in [-0.2, 0) is 15.8 Å². The summed E-state index contributed by atoms with van der Waals surface area (Å²) in [6.45, 7) is 12.3. The number of hydrogen-bond acceptors (Lipinski definition) is 2. The molecule has 0 saturated heterocycles. The Morgan fingerprint density at radius 3 is 2.46 bits per heavy atom. The second kappa shape index (κ2) is 9.58. The summed E-state index contributed by atoms with van der Waals surface area (Å²) < 4.78 is 13.1. The Hall–Kier alpha value is -0.863. The minimum absolute atomic E-state index is 0.0782. The highest BCUT2D eigenvalue weighted by molar-refractivity contribution is 9.11. The van der Waals surface area contributed by atoms with Gasteiger partial charge < -0.3 is 9.16 Å². The van der Waals surface area contributed by atoms with Crippen molar-refractivity contribution in [1.82, 2.24) is 0 Å². The maximum Gasteiger partial charge on any atom is 0.192 e. The molecule has 1 aromatic carbocycles. The summed E-state index contributed by atoms with van der Waals surface area (Å²) in [4.78, 5) is 0. The van der Waals surface area contributed by atoms with Crippen molar-refractivity contribution < 1.29 is 9.16 Å². The molecule has 1 rings (SSSR count). The summed E-state index contributed by atoms with van der Waals surface area (Å²) in [5, 5.41) is 0.157. The van der Waals surface area contributed by atoms with Gasteiger partial charge >= 0.3 is 0 Å². The zero-order valence-electron chi connectivity index (χ0n) is 15.4. The Morgan fingerprint density at radius 2 is 1.92 bits per heavy atom. The van der Waals surface area contributed by atoms with Crippen molar-refractivity contribution in [1.29, 1.82) is 0 Å². The number of ether oxygens (including phenoxy) is 1. The van der Waals surface area contributed by atoms with E-state index in [1.165, 1.54) is 0 Å². The molecule has 0 saturated carbocycles. The topological polar surface area (TPSA) is 18.5 Å². The van der Waals surface area contributed by atoms with E-state index >= 15 is 0 Å². The number of halogens is 1. The van der Waals surface area contributed by atoms with E-state index in [0.29, 0.717) is 19.6 Å². The zero-order valence-corrected chi connectivity index (χ0v) is 18.0. The first-order valence-electron chi connectivity index (χ1n) is 8.25. The van der Waals surface area contributed by atoms with Crippen molar-refractivity contribution in [3.8, 4) is 12.3 Å². The van der Waals surface area contributed by atoms with Gasteiger partial charge in [0.05, 0.1) is 19.3 Å². The van der Waals surface area contributed by atoms with E-state index in [1.54, 1.807) is 0 Å². The first kappa shape index (κ1) is 21.2. The van der Waals surface area contributed by atoms with Crippen LogP contribution in [0.1, 0.15) is 32.8 Å². The van der Waals surface area contributed by atoms with Gasteiger partial charge in [0.1, 0.15) is 0 Å². The molecule has 0 aliphatic rings. The first-order chi connectivity index (χ1) is 11.2. The van der Waals surface area contributed by atoms with Gasteiger partial charge in [0, 0.05) is 10.9 Å². The average molecular weight is 409 g/mol. The molecule has 132 valence electrons. The van der Waals surface area contributed by atoms with E-state index in [4.69, 9.17) is 15.6 Å². The van der Waals surface area contributed by atoms with E-state index in [-0.39, 0.29) is 11.1 Å². The second-order valence-electron chi connectivity index (χ2n) is 7.42. The number of terminal acetylenes is 1. The largest absolute Gasteiger partial charge is 0.410 e. The standard InChI is InChI=1S/C20H29BrO2Si/c1-7-11-19(23-24(5,6)20(2,3)4)14-18(21)16-22-15-17-12-9-8-10-13-17/h1,8-10,12-14,19H,11,15-16H2,2-6H3/b18-14-. The molecule has 2 nitrogen and oxygen atoms in total. The van der Waals surface area contributed by atoms with Crippen LogP contribution in [-0.4, -0.2) is 21.0 Å². The lowest BCUT2D eigenvalue weighted by Crippen LogP contribution is -2.43. The van der Waals surface area contributed by atoms with Crippen LogP contribution in [0.25, 0.3) is 0 Å². The van der Waals surface area contributed by atoms with E-state index in [1.807, 2.05) is 24.3 Å².